The zero-order valence-electron chi connectivity index (χ0n) is 24.2. The van der Waals surface area contributed by atoms with Gasteiger partial charge in [-0.3, -0.25) is 5.41 Å². The van der Waals surface area contributed by atoms with Crippen LogP contribution in [0.2, 0.25) is 0 Å². The van der Waals surface area contributed by atoms with Crippen LogP contribution in [0.1, 0.15) is 56.2 Å². The number of likely N-dealkylation sites (tertiary alicyclic amines) is 1. The van der Waals surface area contributed by atoms with Crippen LogP contribution in [0.4, 0.5) is 23.0 Å². The fourth-order valence-electron chi connectivity index (χ4n) is 5.04. The van der Waals surface area contributed by atoms with E-state index in [-0.39, 0.29) is 23.6 Å². The maximum absolute atomic E-state index is 9.19. The normalized spacial score (nSPS) is 15.0. The highest BCUT2D eigenvalue weighted by molar-refractivity contribution is 6.16. The molecule has 41 heavy (non-hydrogen) atoms. The maximum Gasteiger partial charge on any atom is 0.145 e. The number of nitrogens with one attached hydrogen (secondary N) is 3. The van der Waals surface area contributed by atoms with Crippen LogP contribution in [-0.2, 0) is 4.84 Å². The Balaban J connectivity index is 1.42. The summed E-state index contributed by atoms with van der Waals surface area (Å²) in [7, 11) is 0. The van der Waals surface area contributed by atoms with Gasteiger partial charge in [0, 0.05) is 35.4 Å². The lowest BCUT2D eigenvalue weighted by Crippen LogP contribution is -2.34. The Labute approximate surface area is 242 Å². The minimum Gasteiger partial charge on any atom is -0.416 e. The Hall–Kier alpha value is -3.99. The largest absolute Gasteiger partial charge is 0.416 e. The third-order valence-corrected chi connectivity index (χ3v) is 7.41. The van der Waals surface area contributed by atoms with Crippen LogP contribution in [0.25, 0.3) is 0 Å². The molecule has 2 aromatic carbocycles. The van der Waals surface area contributed by atoms with Gasteiger partial charge in [0.2, 0.25) is 0 Å². The zero-order chi connectivity index (χ0) is 29.4. The first kappa shape index (κ1) is 30.0. The number of aliphatic hydroxyl groups excluding tert-OH is 1. The van der Waals surface area contributed by atoms with Crippen molar-refractivity contribution < 1.29 is 9.94 Å². The van der Waals surface area contributed by atoms with Crippen LogP contribution in [-0.4, -0.2) is 58.5 Å². The van der Waals surface area contributed by atoms with Crippen molar-refractivity contribution in [2.45, 2.75) is 39.5 Å². The number of nitrogens with two attached hydrogens (primary N) is 2. The fraction of sp³-hybridized carbons (Fsp3) is 0.387. The molecular formula is C31H42N8O2. The molecule has 3 aromatic rings. The summed E-state index contributed by atoms with van der Waals surface area (Å²) in [5.41, 5.74) is 10.6. The number of piperidine rings is 1. The summed E-state index contributed by atoms with van der Waals surface area (Å²) in [4.78, 5) is 15.9. The molecule has 0 amide bonds. The number of benzene rings is 2. The van der Waals surface area contributed by atoms with E-state index in [1.54, 1.807) is 0 Å². The summed E-state index contributed by atoms with van der Waals surface area (Å²) in [5, 5.41) is 24.8. The van der Waals surface area contributed by atoms with E-state index in [1.165, 1.54) is 11.9 Å². The molecule has 1 aromatic heterocycles. The molecule has 1 fully saturated rings. The summed E-state index contributed by atoms with van der Waals surface area (Å²) >= 11 is 0. The number of nitrogen functional groups attached to an aromatic ring is 1. The highest BCUT2D eigenvalue weighted by atomic mass is 16.6. The highest BCUT2D eigenvalue weighted by Gasteiger charge is 2.22. The van der Waals surface area contributed by atoms with Crippen LogP contribution in [0.5, 0.6) is 0 Å². The zero-order valence-corrected chi connectivity index (χ0v) is 24.2. The summed E-state index contributed by atoms with van der Waals surface area (Å²) in [6, 6.07) is 15.9. The predicted molar refractivity (Wildman–Crippen MR) is 165 cm³/mol. The van der Waals surface area contributed by atoms with Crippen LogP contribution < -0.4 is 22.3 Å². The molecule has 1 saturated heterocycles. The number of nitrogens with zero attached hydrogens (tertiary/aromatic N) is 3. The van der Waals surface area contributed by atoms with Gasteiger partial charge in [-0.1, -0.05) is 45.0 Å². The fourth-order valence-corrected chi connectivity index (χ4v) is 5.04. The summed E-state index contributed by atoms with van der Waals surface area (Å²) < 4.78 is 0. The summed E-state index contributed by atoms with van der Waals surface area (Å²) in [6.07, 6.45) is 5.46. The van der Waals surface area contributed by atoms with Crippen molar-refractivity contribution in [3.63, 3.8) is 0 Å². The minimum absolute atomic E-state index is 0.171. The SMILES string of the molecule is CC(C)(C)/C(=C/CNc1ccc(Nc2ncnc(N)c2C(=N)c2ccc(C3CCN(CCO)CC3)cc2)cc1)ON. The average molecular weight is 559 g/mol. The van der Waals surface area contributed by atoms with E-state index in [2.05, 4.69) is 37.6 Å². The van der Waals surface area contributed by atoms with Gasteiger partial charge in [0.25, 0.3) is 0 Å². The lowest BCUT2D eigenvalue weighted by molar-refractivity contribution is 0.155. The first-order valence-electron chi connectivity index (χ1n) is 14.0. The molecule has 4 rings (SSSR count). The predicted octanol–water partition coefficient (Wildman–Crippen LogP) is 4.62. The monoisotopic (exact) mass is 558 g/mol. The van der Waals surface area contributed by atoms with Crippen molar-refractivity contribution in [1.29, 1.82) is 5.41 Å². The number of aromatic nitrogens is 2. The van der Waals surface area contributed by atoms with E-state index in [0.717, 1.165) is 49.4 Å². The summed E-state index contributed by atoms with van der Waals surface area (Å²) in [6.45, 7) is 9.62. The van der Waals surface area contributed by atoms with E-state index in [0.29, 0.717) is 29.6 Å². The number of allylic oxidation sites excluding steroid dienone is 1. The molecule has 0 saturated carbocycles. The standard InChI is InChI=1S/C31H42N8O2/c1-31(2,3)26(41-34)12-15-35-24-8-10-25(11-9-24)38-30-27(29(33)36-20-37-30)28(32)23-6-4-21(5-7-23)22-13-16-39(17-14-22)18-19-40/h4-12,20,22,32,35,40H,13-19,34H2,1-3H3,(H3,33,36,37,38)/b26-12-,32-28?. The van der Waals surface area contributed by atoms with E-state index >= 15 is 0 Å². The van der Waals surface area contributed by atoms with Crippen molar-refractivity contribution in [3.8, 4) is 0 Å². The lowest BCUT2D eigenvalue weighted by Gasteiger charge is -2.31. The van der Waals surface area contributed by atoms with Gasteiger partial charge in [-0.15, -0.1) is 0 Å². The van der Waals surface area contributed by atoms with Crippen molar-refractivity contribution in [3.05, 3.63) is 83.4 Å². The number of aliphatic hydroxyl groups is 1. The first-order chi connectivity index (χ1) is 19.7. The highest BCUT2D eigenvalue weighted by Crippen LogP contribution is 2.30. The van der Waals surface area contributed by atoms with Gasteiger partial charge >= 0.3 is 0 Å². The second-order valence-electron chi connectivity index (χ2n) is 11.3. The molecular weight excluding hydrogens is 516 g/mol. The number of anilines is 4. The van der Waals surface area contributed by atoms with Crippen molar-refractivity contribution in [2.75, 3.05) is 49.2 Å². The van der Waals surface area contributed by atoms with Crippen molar-refractivity contribution in [1.82, 2.24) is 14.9 Å². The molecule has 0 bridgehead atoms. The van der Waals surface area contributed by atoms with Crippen molar-refractivity contribution in [2.24, 2.45) is 11.3 Å². The van der Waals surface area contributed by atoms with E-state index in [4.69, 9.17) is 21.9 Å². The number of rotatable bonds is 11. The molecule has 10 nitrogen and oxygen atoms in total. The molecule has 0 spiro atoms. The van der Waals surface area contributed by atoms with Gasteiger partial charge in [-0.2, -0.15) is 5.90 Å². The number of β-amino-alcohol motifs (C(OH)–C–C–N with tert-alkyl or cyclic N) is 1. The van der Waals surface area contributed by atoms with Crippen LogP contribution >= 0.6 is 0 Å². The Morgan fingerprint density at radius 2 is 1.73 bits per heavy atom. The average Bonchev–Trinajstić information content (AvgIpc) is 2.96. The van der Waals surface area contributed by atoms with Gasteiger partial charge in [0.05, 0.1) is 17.9 Å². The van der Waals surface area contributed by atoms with Gasteiger partial charge in [0.1, 0.15) is 23.7 Å². The molecule has 1 aliphatic rings. The van der Waals surface area contributed by atoms with Crippen molar-refractivity contribution >= 4 is 28.7 Å². The van der Waals surface area contributed by atoms with Crippen LogP contribution in [0.3, 0.4) is 0 Å². The van der Waals surface area contributed by atoms with E-state index < -0.39 is 0 Å². The Morgan fingerprint density at radius 3 is 2.34 bits per heavy atom. The van der Waals surface area contributed by atoms with E-state index in [1.807, 2.05) is 63.2 Å². The second-order valence-corrected chi connectivity index (χ2v) is 11.3. The van der Waals surface area contributed by atoms with Gasteiger partial charge < -0.3 is 31.2 Å². The molecule has 2 heterocycles. The van der Waals surface area contributed by atoms with Gasteiger partial charge in [0.15, 0.2) is 0 Å². The van der Waals surface area contributed by atoms with Gasteiger partial charge in [-0.05, 0) is 67.8 Å². The smallest absolute Gasteiger partial charge is 0.145 e. The molecule has 0 radical (unpaired) electrons. The first-order valence-corrected chi connectivity index (χ1v) is 14.0. The molecule has 218 valence electrons. The van der Waals surface area contributed by atoms with Crippen LogP contribution in [0, 0.1) is 10.8 Å². The molecule has 8 N–H and O–H groups in total. The van der Waals surface area contributed by atoms with Crippen LogP contribution in [0.15, 0.2) is 66.7 Å². The molecule has 1 aliphatic heterocycles. The molecule has 0 aliphatic carbocycles. The third-order valence-electron chi connectivity index (χ3n) is 7.41. The number of hydrogen-bond acceptors (Lipinski definition) is 10. The lowest BCUT2D eigenvalue weighted by atomic mass is 9.88. The maximum atomic E-state index is 9.19. The minimum atomic E-state index is -0.171. The van der Waals surface area contributed by atoms with Gasteiger partial charge in [-0.25, -0.2) is 9.97 Å². The summed E-state index contributed by atoms with van der Waals surface area (Å²) in [5.74, 6) is 7.34. The molecule has 0 atom stereocenters. The second kappa shape index (κ2) is 13.6. The van der Waals surface area contributed by atoms with E-state index in [9.17, 15) is 5.11 Å². The molecule has 10 heteroatoms. The Bertz CT molecular complexity index is 1330. The molecule has 0 unspecified atom stereocenters. The Kier molecular flexibility index (Phi) is 9.93. The number of hydrogen-bond donors (Lipinski definition) is 6. The third kappa shape index (κ3) is 7.81. The quantitative estimate of drug-likeness (QED) is 0.112. The Morgan fingerprint density at radius 1 is 1.07 bits per heavy atom. The topological polar surface area (TPSA) is 158 Å².